The van der Waals surface area contributed by atoms with Crippen LogP contribution in [0.15, 0.2) is 24.5 Å². The Labute approximate surface area is 140 Å². The van der Waals surface area contributed by atoms with Gasteiger partial charge in [-0.25, -0.2) is 9.50 Å². The zero-order chi connectivity index (χ0) is 16.8. The van der Waals surface area contributed by atoms with E-state index >= 15 is 0 Å². The molecule has 4 rings (SSSR count). The van der Waals surface area contributed by atoms with Crippen molar-refractivity contribution < 1.29 is 14.6 Å². The second-order valence-corrected chi connectivity index (χ2v) is 7.20. The minimum Gasteiger partial charge on any atom is -0.390 e. The van der Waals surface area contributed by atoms with E-state index in [2.05, 4.69) is 10.1 Å². The molecule has 24 heavy (non-hydrogen) atoms. The highest BCUT2D eigenvalue weighted by molar-refractivity contribution is 5.93. The molecule has 0 saturated carbocycles. The van der Waals surface area contributed by atoms with Gasteiger partial charge in [-0.1, -0.05) is 0 Å². The van der Waals surface area contributed by atoms with Crippen LogP contribution < -0.4 is 0 Å². The largest absolute Gasteiger partial charge is 0.390 e. The van der Waals surface area contributed by atoms with Crippen molar-refractivity contribution in [3.8, 4) is 0 Å². The van der Waals surface area contributed by atoms with Gasteiger partial charge in [0.15, 0.2) is 11.3 Å². The van der Waals surface area contributed by atoms with Crippen LogP contribution in [0.25, 0.3) is 5.65 Å². The van der Waals surface area contributed by atoms with Crippen molar-refractivity contribution in [3.63, 3.8) is 0 Å². The van der Waals surface area contributed by atoms with E-state index in [0.717, 1.165) is 12.8 Å². The van der Waals surface area contributed by atoms with Crippen molar-refractivity contribution in [3.05, 3.63) is 30.2 Å². The molecule has 2 saturated heterocycles. The maximum absolute atomic E-state index is 12.7. The number of rotatable bonds is 1. The average Bonchev–Trinajstić information content (AvgIpc) is 2.98. The minimum atomic E-state index is -0.669. The van der Waals surface area contributed by atoms with Crippen molar-refractivity contribution >= 4 is 11.6 Å². The quantitative estimate of drug-likeness (QED) is 0.852. The first kappa shape index (κ1) is 15.5. The molecular weight excluding hydrogens is 308 g/mol. The molecule has 2 fully saturated rings. The van der Waals surface area contributed by atoms with Crippen LogP contribution in [0.4, 0.5) is 0 Å². The SMILES string of the molecule is CC1(O)CCOC2(CCN(C(=O)c3cc4ncccn4n3)CC2)C1. The van der Waals surface area contributed by atoms with Gasteiger partial charge >= 0.3 is 0 Å². The van der Waals surface area contributed by atoms with E-state index in [4.69, 9.17) is 4.74 Å². The predicted molar refractivity (Wildman–Crippen MR) is 86.7 cm³/mol. The molecule has 2 aromatic rings. The molecule has 128 valence electrons. The summed E-state index contributed by atoms with van der Waals surface area (Å²) in [6.45, 7) is 3.70. The third kappa shape index (κ3) is 2.78. The molecule has 1 spiro atoms. The lowest BCUT2D eigenvalue weighted by Gasteiger charge is -2.48. The molecule has 1 atom stereocenters. The molecule has 7 heteroatoms. The summed E-state index contributed by atoms with van der Waals surface area (Å²) >= 11 is 0. The average molecular weight is 330 g/mol. The van der Waals surface area contributed by atoms with Crippen LogP contribution in [0.1, 0.15) is 43.1 Å². The standard InChI is InChI=1S/C17H22N4O3/c1-16(23)5-10-24-17(12-16)3-8-20(9-4-17)15(22)13-11-14-18-6-2-7-21(14)19-13/h2,6-7,11,23H,3-5,8-10,12H2,1H3. The lowest BCUT2D eigenvalue weighted by Crippen LogP contribution is -2.54. The number of ether oxygens (including phenoxy) is 1. The van der Waals surface area contributed by atoms with Gasteiger partial charge in [0.1, 0.15) is 0 Å². The first-order valence-corrected chi connectivity index (χ1v) is 8.43. The van der Waals surface area contributed by atoms with Crippen LogP contribution in [0, 0.1) is 0 Å². The molecule has 0 bridgehead atoms. The molecule has 2 aliphatic rings. The third-order valence-electron chi connectivity index (χ3n) is 5.17. The van der Waals surface area contributed by atoms with Crippen LogP contribution in [0.2, 0.25) is 0 Å². The first-order valence-electron chi connectivity index (χ1n) is 8.43. The second-order valence-electron chi connectivity index (χ2n) is 7.20. The maximum atomic E-state index is 12.7. The molecule has 4 heterocycles. The topological polar surface area (TPSA) is 80.0 Å². The van der Waals surface area contributed by atoms with Crippen molar-refractivity contribution in [1.82, 2.24) is 19.5 Å². The zero-order valence-electron chi connectivity index (χ0n) is 13.8. The highest BCUT2D eigenvalue weighted by Gasteiger charge is 2.45. The Morgan fingerprint density at radius 2 is 2.12 bits per heavy atom. The lowest BCUT2D eigenvalue weighted by atomic mass is 9.78. The van der Waals surface area contributed by atoms with E-state index in [1.54, 1.807) is 29.0 Å². The fourth-order valence-electron chi connectivity index (χ4n) is 3.86. The van der Waals surface area contributed by atoms with Gasteiger partial charge in [0, 0.05) is 38.0 Å². The Balaban J connectivity index is 1.46. The fraction of sp³-hybridized carbons (Fsp3) is 0.588. The van der Waals surface area contributed by atoms with E-state index in [0.29, 0.717) is 43.9 Å². The summed E-state index contributed by atoms with van der Waals surface area (Å²) < 4.78 is 7.61. The van der Waals surface area contributed by atoms with Crippen LogP contribution >= 0.6 is 0 Å². The van der Waals surface area contributed by atoms with E-state index < -0.39 is 5.60 Å². The van der Waals surface area contributed by atoms with Gasteiger partial charge in [0.05, 0.1) is 17.8 Å². The third-order valence-corrected chi connectivity index (χ3v) is 5.17. The number of carbonyl (C=O) groups excluding carboxylic acids is 1. The molecular formula is C17H22N4O3. The number of hydrogen-bond donors (Lipinski definition) is 1. The van der Waals surface area contributed by atoms with Crippen LogP contribution in [0.5, 0.6) is 0 Å². The number of aromatic nitrogens is 3. The first-order chi connectivity index (χ1) is 11.5. The van der Waals surface area contributed by atoms with Crippen LogP contribution in [-0.4, -0.2) is 61.4 Å². The van der Waals surface area contributed by atoms with Gasteiger partial charge in [0.2, 0.25) is 0 Å². The number of carbonyl (C=O) groups is 1. The van der Waals surface area contributed by atoms with Crippen molar-refractivity contribution in [2.75, 3.05) is 19.7 Å². The highest BCUT2D eigenvalue weighted by Crippen LogP contribution is 2.39. The molecule has 0 aliphatic carbocycles. The lowest BCUT2D eigenvalue weighted by molar-refractivity contribution is -0.170. The Kier molecular flexibility index (Phi) is 3.58. The monoisotopic (exact) mass is 330 g/mol. The molecule has 0 radical (unpaired) electrons. The zero-order valence-corrected chi connectivity index (χ0v) is 13.8. The maximum Gasteiger partial charge on any atom is 0.274 e. The molecule has 2 aliphatic heterocycles. The van der Waals surface area contributed by atoms with Gasteiger partial charge in [0.25, 0.3) is 5.91 Å². The number of piperidine rings is 1. The van der Waals surface area contributed by atoms with E-state index in [-0.39, 0.29) is 11.5 Å². The molecule has 1 amide bonds. The van der Waals surface area contributed by atoms with Crippen molar-refractivity contribution in [2.24, 2.45) is 0 Å². The Morgan fingerprint density at radius 3 is 2.83 bits per heavy atom. The van der Waals surface area contributed by atoms with E-state index in [1.165, 1.54) is 0 Å². The minimum absolute atomic E-state index is 0.0714. The van der Waals surface area contributed by atoms with Gasteiger partial charge < -0.3 is 14.7 Å². The smallest absolute Gasteiger partial charge is 0.274 e. The summed E-state index contributed by atoms with van der Waals surface area (Å²) in [4.78, 5) is 18.7. The Morgan fingerprint density at radius 1 is 1.33 bits per heavy atom. The van der Waals surface area contributed by atoms with Gasteiger partial charge in [-0.2, -0.15) is 5.10 Å². The summed E-state index contributed by atoms with van der Waals surface area (Å²) in [7, 11) is 0. The number of hydrogen-bond acceptors (Lipinski definition) is 5. The normalized spacial score (nSPS) is 26.8. The summed E-state index contributed by atoms with van der Waals surface area (Å²) in [5.74, 6) is -0.0714. The molecule has 1 N–H and O–H groups in total. The van der Waals surface area contributed by atoms with E-state index in [1.807, 2.05) is 11.8 Å². The fourth-order valence-corrected chi connectivity index (χ4v) is 3.86. The summed E-state index contributed by atoms with van der Waals surface area (Å²) in [5.41, 5.74) is 0.124. The van der Waals surface area contributed by atoms with Gasteiger partial charge in [-0.05, 0) is 32.3 Å². The summed E-state index contributed by atoms with van der Waals surface area (Å²) in [6.07, 6.45) is 6.28. The number of nitrogens with zero attached hydrogens (tertiary/aromatic N) is 4. The summed E-state index contributed by atoms with van der Waals surface area (Å²) in [5, 5.41) is 14.7. The number of fused-ring (bicyclic) bond motifs is 1. The Bertz CT molecular complexity index is 729. The number of likely N-dealkylation sites (tertiary alicyclic amines) is 1. The predicted octanol–water partition coefficient (Wildman–Crippen LogP) is 1.27. The van der Waals surface area contributed by atoms with Gasteiger partial charge in [-0.15, -0.1) is 0 Å². The van der Waals surface area contributed by atoms with Crippen LogP contribution in [-0.2, 0) is 4.74 Å². The molecule has 1 unspecified atom stereocenters. The molecule has 7 nitrogen and oxygen atoms in total. The van der Waals surface area contributed by atoms with Gasteiger partial charge in [-0.3, -0.25) is 4.79 Å². The summed E-state index contributed by atoms with van der Waals surface area (Å²) in [6, 6.07) is 3.50. The number of aliphatic hydroxyl groups is 1. The van der Waals surface area contributed by atoms with Crippen LogP contribution in [0.3, 0.4) is 0 Å². The number of amides is 1. The van der Waals surface area contributed by atoms with Crippen molar-refractivity contribution in [1.29, 1.82) is 0 Å². The molecule has 2 aromatic heterocycles. The van der Waals surface area contributed by atoms with E-state index in [9.17, 15) is 9.90 Å². The second kappa shape index (κ2) is 5.53. The Hall–Kier alpha value is -1.99. The molecule has 0 aromatic carbocycles. The van der Waals surface area contributed by atoms with Crippen molar-refractivity contribution in [2.45, 2.75) is 43.8 Å². The highest BCUT2D eigenvalue weighted by atomic mass is 16.5.